The van der Waals surface area contributed by atoms with E-state index in [0.29, 0.717) is 30.1 Å². The zero-order valence-electron chi connectivity index (χ0n) is 15.8. The van der Waals surface area contributed by atoms with Crippen molar-refractivity contribution in [1.29, 1.82) is 0 Å². The van der Waals surface area contributed by atoms with Gasteiger partial charge in [-0.05, 0) is 63.1 Å². The normalized spacial score (nSPS) is 10.3. The standard InChI is InChI=1S/C21H26N2O3/c1-5-23(6-2)21(25)17-8-7-9-18(13-17)22-20(24)14-26-19-12-15(3)10-11-16(19)4/h7-13H,5-6,14H2,1-4H3,(H,22,24). The molecule has 0 aliphatic heterocycles. The maximum atomic E-state index is 12.4. The number of aryl methyl sites for hydroxylation is 2. The lowest BCUT2D eigenvalue weighted by molar-refractivity contribution is -0.118. The SMILES string of the molecule is CCN(CC)C(=O)c1cccc(NC(=O)COc2cc(C)ccc2C)c1. The fourth-order valence-corrected chi connectivity index (χ4v) is 2.63. The molecule has 0 unspecified atom stereocenters. The molecular weight excluding hydrogens is 328 g/mol. The molecule has 0 bridgehead atoms. The Labute approximate surface area is 155 Å². The molecule has 0 atom stereocenters. The first kappa shape index (κ1) is 19.5. The molecule has 2 aromatic rings. The van der Waals surface area contributed by atoms with Crippen molar-refractivity contribution >= 4 is 17.5 Å². The molecule has 0 spiro atoms. The molecule has 2 aromatic carbocycles. The van der Waals surface area contributed by atoms with E-state index in [0.717, 1.165) is 11.1 Å². The van der Waals surface area contributed by atoms with E-state index in [1.807, 2.05) is 45.9 Å². The molecule has 0 radical (unpaired) electrons. The van der Waals surface area contributed by atoms with Gasteiger partial charge in [0.1, 0.15) is 5.75 Å². The molecule has 0 aromatic heterocycles. The van der Waals surface area contributed by atoms with Crippen LogP contribution in [-0.4, -0.2) is 36.4 Å². The van der Waals surface area contributed by atoms with Crippen LogP contribution < -0.4 is 10.1 Å². The van der Waals surface area contributed by atoms with Gasteiger partial charge in [0.25, 0.3) is 11.8 Å². The van der Waals surface area contributed by atoms with Crippen LogP contribution in [0.3, 0.4) is 0 Å². The monoisotopic (exact) mass is 354 g/mol. The predicted molar refractivity (Wildman–Crippen MR) is 104 cm³/mol. The summed E-state index contributed by atoms with van der Waals surface area (Å²) in [5.74, 6) is 0.390. The van der Waals surface area contributed by atoms with Gasteiger partial charge in [-0.25, -0.2) is 0 Å². The summed E-state index contributed by atoms with van der Waals surface area (Å²) in [6, 6.07) is 12.8. The number of benzene rings is 2. The number of ether oxygens (including phenoxy) is 1. The summed E-state index contributed by atoms with van der Waals surface area (Å²) in [5, 5.41) is 2.78. The molecule has 0 fully saturated rings. The lowest BCUT2D eigenvalue weighted by Crippen LogP contribution is -2.30. The number of nitrogens with zero attached hydrogens (tertiary/aromatic N) is 1. The molecule has 138 valence electrons. The largest absolute Gasteiger partial charge is 0.483 e. The Morgan fingerprint density at radius 3 is 2.46 bits per heavy atom. The average Bonchev–Trinajstić information content (AvgIpc) is 2.63. The van der Waals surface area contributed by atoms with Gasteiger partial charge in [0.15, 0.2) is 6.61 Å². The fraction of sp³-hybridized carbons (Fsp3) is 0.333. The summed E-state index contributed by atoms with van der Waals surface area (Å²) in [6.45, 7) is 9.01. The topological polar surface area (TPSA) is 58.6 Å². The van der Waals surface area contributed by atoms with Gasteiger partial charge in [0.05, 0.1) is 0 Å². The number of carbonyl (C=O) groups is 2. The average molecular weight is 354 g/mol. The molecule has 2 rings (SSSR count). The Morgan fingerprint density at radius 2 is 1.77 bits per heavy atom. The Hall–Kier alpha value is -2.82. The Morgan fingerprint density at radius 1 is 1.04 bits per heavy atom. The van der Waals surface area contributed by atoms with Gasteiger partial charge in [-0.2, -0.15) is 0 Å². The van der Waals surface area contributed by atoms with Crippen LogP contribution in [0.1, 0.15) is 35.3 Å². The van der Waals surface area contributed by atoms with Crippen molar-refractivity contribution in [3.8, 4) is 5.75 Å². The summed E-state index contributed by atoms with van der Waals surface area (Å²) < 4.78 is 5.62. The van der Waals surface area contributed by atoms with E-state index in [2.05, 4.69) is 5.32 Å². The van der Waals surface area contributed by atoms with Crippen molar-refractivity contribution in [2.45, 2.75) is 27.7 Å². The summed E-state index contributed by atoms with van der Waals surface area (Å²) >= 11 is 0. The summed E-state index contributed by atoms with van der Waals surface area (Å²) in [6.07, 6.45) is 0. The lowest BCUT2D eigenvalue weighted by Gasteiger charge is -2.19. The minimum absolute atomic E-state index is 0.0438. The lowest BCUT2D eigenvalue weighted by atomic mass is 10.1. The zero-order valence-corrected chi connectivity index (χ0v) is 15.8. The third-order valence-corrected chi connectivity index (χ3v) is 4.15. The second-order valence-electron chi connectivity index (χ2n) is 6.16. The molecule has 0 saturated carbocycles. The third-order valence-electron chi connectivity index (χ3n) is 4.15. The zero-order chi connectivity index (χ0) is 19.1. The van der Waals surface area contributed by atoms with Crippen molar-refractivity contribution < 1.29 is 14.3 Å². The van der Waals surface area contributed by atoms with Gasteiger partial charge in [0.2, 0.25) is 0 Å². The minimum Gasteiger partial charge on any atom is -0.483 e. The van der Waals surface area contributed by atoms with Crippen LogP contribution >= 0.6 is 0 Å². The fourth-order valence-electron chi connectivity index (χ4n) is 2.63. The Bertz CT molecular complexity index is 783. The van der Waals surface area contributed by atoms with E-state index in [1.54, 1.807) is 29.2 Å². The van der Waals surface area contributed by atoms with Crippen LogP contribution in [0.25, 0.3) is 0 Å². The number of hydrogen-bond donors (Lipinski definition) is 1. The highest BCUT2D eigenvalue weighted by molar-refractivity contribution is 5.97. The van der Waals surface area contributed by atoms with Crippen LogP contribution in [-0.2, 0) is 4.79 Å². The van der Waals surface area contributed by atoms with Gasteiger partial charge in [0, 0.05) is 24.3 Å². The van der Waals surface area contributed by atoms with E-state index in [-0.39, 0.29) is 18.4 Å². The number of carbonyl (C=O) groups excluding carboxylic acids is 2. The molecule has 2 amide bonds. The van der Waals surface area contributed by atoms with Crippen molar-refractivity contribution in [3.63, 3.8) is 0 Å². The van der Waals surface area contributed by atoms with Gasteiger partial charge in [-0.3, -0.25) is 9.59 Å². The van der Waals surface area contributed by atoms with Gasteiger partial charge in [-0.1, -0.05) is 18.2 Å². The smallest absolute Gasteiger partial charge is 0.262 e. The van der Waals surface area contributed by atoms with Crippen LogP contribution in [0, 0.1) is 13.8 Å². The van der Waals surface area contributed by atoms with Gasteiger partial charge in [-0.15, -0.1) is 0 Å². The molecule has 0 saturated heterocycles. The first-order valence-electron chi connectivity index (χ1n) is 8.83. The number of rotatable bonds is 7. The predicted octanol–water partition coefficient (Wildman–Crippen LogP) is 3.80. The van der Waals surface area contributed by atoms with Crippen molar-refractivity contribution in [1.82, 2.24) is 4.90 Å². The molecule has 0 aliphatic carbocycles. The highest BCUT2D eigenvalue weighted by Gasteiger charge is 2.13. The summed E-state index contributed by atoms with van der Waals surface area (Å²) in [7, 11) is 0. The van der Waals surface area contributed by atoms with E-state index >= 15 is 0 Å². The van der Waals surface area contributed by atoms with E-state index in [1.165, 1.54) is 0 Å². The number of nitrogens with one attached hydrogen (secondary N) is 1. The maximum Gasteiger partial charge on any atom is 0.262 e. The van der Waals surface area contributed by atoms with E-state index in [4.69, 9.17) is 4.74 Å². The van der Waals surface area contributed by atoms with Crippen LogP contribution in [0.2, 0.25) is 0 Å². The molecule has 0 heterocycles. The third kappa shape index (κ3) is 5.09. The molecule has 26 heavy (non-hydrogen) atoms. The van der Waals surface area contributed by atoms with Crippen molar-refractivity contribution in [2.24, 2.45) is 0 Å². The van der Waals surface area contributed by atoms with Crippen LogP contribution in [0.5, 0.6) is 5.75 Å². The summed E-state index contributed by atoms with van der Waals surface area (Å²) in [5.41, 5.74) is 3.20. The maximum absolute atomic E-state index is 12.4. The Balaban J connectivity index is 2.00. The number of anilines is 1. The molecule has 5 heteroatoms. The van der Waals surface area contributed by atoms with Crippen molar-refractivity contribution in [2.75, 3.05) is 25.0 Å². The van der Waals surface area contributed by atoms with Gasteiger partial charge < -0.3 is 15.0 Å². The van der Waals surface area contributed by atoms with Crippen LogP contribution in [0.15, 0.2) is 42.5 Å². The highest BCUT2D eigenvalue weighted by atomic mass is 16.5. The van der Waals surface area contributed by atoms with Gasteiger partial charge >= 0.3 is 0 Å². The summed E-state index contributed by atoms with van der Waals surface area (Å²) in [4.78, 5) is 26.3. The first-order chi connectivity index (χ1) is 12.4. The van der Waals surface area contributed by atoms with E-state index in [9.17, 15) is 9.59 Å². The molecule has 0 aliphatic rings. The minimum atomic E-state index is -0.265. The first-order valence-corrected chi connectivity index (χ1v) is 8.83. The molecule has 1 N–H and O–H groups in total. The van der Waals surface area contributed by atoms with Crippen molar-refractivity contribution in [3.05, 3.63) is 59.2 Å². The quantitative estimate of drug-likeness (QED) is 0.823. The molecule has 5 nitrogen and oxygen atoms in total. The highest BCUT2D eigenvalue weighted by Crippen LogP contribution is 2.19. The number of amides is 2. The molecular formula is C21H26N2O3. The second-order valence-corrected chi connectivity index (χ2v) is 6.16. The van der Waals surface area contributed by atoms with E-state index < -0.39 is 0 Å². The Kier molecular flexibility index (Phi) is 6.78. The second kappa shape index (κ2) is 9.04. The number of hydrogen-bond acceptors (Lipinski definition) is 3. The van der Waals surface area contributed by atoms with Crippen LogP contribution in [0.4, 0.5) is 5.69 Å².